The third kappa shape index (κ3) is 3.63. The Labute approximate surface area is 137 Å². The summed E-state index contributed by atoms with van der Waals surface area (Å²) in [7, 11) is 1.43. The Balaban J connectivity index is 1.67. The van der Waals surface area contributed by atoms with Crippen LogP contribution in [0.3, 0.4) is 0 Å². The van der Waals surface area contributed by atoms with Crippen molar-refractivity contribution in [1.29, 1.82) is 0 Å². The first kappa shape index (κ1) is 15.4. The van der Waals surface area contributed by atoms with E-state index in [1.54, 1.807) is 30.5 Å². The van der Waals surface area contributed by atoms with E-state index in [0.29, 0.717) is 28.9 Å². The molecule has 0 atom stereocenters. The van der Waals surface area contributed by atoms with Crippen molar-refractivity contribution in [2.45, 2.75) is 6.54 Å². The van der Waals surface area contributed by atoms with Gasteiger partial charge in [-0.2, -0.15) is 0 Å². The topological polar surface area (TPSA) is 47.3 Å². The van der Waals surface area contributed by atoms with Gasteiger partial charge in [0.25, 0.3) is 0 Å². The third-order valence-electron chi connectivity index (χ3n) is 3.28. The van der Waals surface area contributed by atoms with Crippen LogP contribution in [0.25, 0.3) is 11.3 Å². The Hall–Kier alpha value is -2.53. The number of rotatable bonds is 5. The lowest BCUT2D eigenvalue weighted by Crippen LogP contribution is -2.00. The Morgan fingerprint density at radius 3 is 2.70 bits per heavy atom. The zero-order valence-electron chi connectivity index (χ0n) is 12.3. The molecule has 0 aliphatic heterocycles. The van der Waals surface area contributed by atoms with Gasteiger partial charge in [0.1, 0.15) is 0 Å². The summed E-state index contributed by atoms with van der Waals surface area (Å²) in [5.41, 5.74) is 1.51. The van der Waals surface area contributed by atoms with Gasteiger partial charge >= 0.3 is 0 Å². The highest BCUT2D eigenvalue weighted by atomic mass is 35.5. The summed E-state index contributed by atoms with van der Waals surface area (Å²) in [6.45, 7) is 0.347. The Bertz CT molecular complexity index is 803. The summed E-state index contributed by atoms with van der Waals surface area (Å²) in [6, 6.07) is 12.0. The number of hydrogen-bond acceptors (Lipinski definition) is 4. The van der Waals surface area contributed by atoms with Gasteiger partial charge in [-0.05, 0) is 36.4 Å². The highest BCUT2D eigenvalue weighted by Crippen LogP contribution is 2.24. The van der Waals surface area contributed by atoms with E-state index in [0.717, 1.165) is 5.56 Å². The molecule has 0 bridgehead atoms. The van der Waals surface area contributed by atoms with Crippen molar-refractivity contribution < 1.29 is 13.5 Å². The predicted molar refractivity (Wildman–Crippen MR) is 87.2 cm³/mol. The van der Waals surface area contributed by atoms with Crippen molar-refractivity contribution in [3.8, 4) is 17.1 Å². The highest BCUT2D eigenvalue weighted by Gasteiger charge is 2.08. The van der Waals surface area contributed by atoms with Crippen molar-refractivity contribution in [2.75, 3.05) is 12.4 Å². The lowest BCUT2D eigenvalue weighted by atomic mass is 10.2. The van der Waals surface area contributed by atoms with Crippen LogP contribution in [-0.2, 0) is 6.54 Å². The molecular formula is C17H14ClFN2O2. The zero-order chi connectivity index (χ0) is 16.2. The van der Waals surface area contributed by atoms with Crippen LogP contribution in [0.4, 0.5) is 10.1 Å². The SMILES string of the molecule is COc1ccc(NCc2ncc(-c3ccc(Cl)cc3)o2)cc1F. The Morgan fingerprint density at radius 2 is 2.00 bits per heavy atom. The third-order valence-corrected chi connectivity index (χ3v) is 3.53. The van der Waals surface area contributed by atoms with Crippen molar-refractivity contribution in [1.82, 2.24) is 4.98 Å². The molecule has 4 nitrogen and oxygen atoms in total. The first-order valence-corrected chi connectivity index (χ1v) is 7.31. The fraction of sp³-hybridized carbons (Fsp3) is 0.118. The maximum atomic E-state index is 13.6. The van der Waals surface area contributed by atoms with Crippen LogP contribution in [0, 0.1) is 5.82 Å². The molecule has 23 heavy (non-hydrogen) atoms. The molecule has 0 saturated carbocycles. The van der Waals surface area contributed by atoms with Crippen LogP contribution >= 0.6 is 11.6 Å². The molecule has 1 N–H and O–H groups in total. The molecule has 0 unspecified atom stereocenters. The quantitative estimate of drug-likeness (QED) is 0.732. The molecule has 0 saturated heterocycles. The molecule has 0 aliphatic carbocycles. The smallest absolute Gasteiger partial charge is 0.214 e. The fourth-order valence-electron chi connectivity index (χ4n) is 2.09. The monoisotopic (exact) mass is 332 g/mol. The molecule has 1 heterocycles. The molecule has 2 aromatic carbocycles. The van der Waals surface area contributed by atoms with Gasteiger partial charge in [0, 0.05) is 22.3 Å². The van der Waals surface area contributed by atoms with E-state index in [1.165, 1.54) is 13.2 Å². The molecule has 0 spiro atoms. The van der Waals surface area contributed by atoms with Crippen molar-refractivity contribution in [3.63, 3.8) is 0 Å². The predicted octanol–water partition coefficient (Wildman–Crippen LogP) is 4.75. The van der Waals surface area contributed by atoms with Crippen molar-refractivity contribution in [2.24, 2.45) is 0 Å². The Kier molecular flexibility index (Phi) is 4.48. The minimum Gasteiger partial charge on any atom is -0.494 e. The van der Waals surface area contributed by atoms with Gasteiger partial charge in [-0.15, -0.1) is 0 Å². The van der Waals surface area contributed by atoms with E-state index in [2.05, 4.69) is 10.3 Å². The van der Waals surface area contributed by atoms with E-state index >= 15 is 0 Å². The number of nitrogens with zero attached hydrogens (tertiary/aromatic N) is 1. The van der Waals surface area contributed by atoms with Crippen LogP contribution < -0.4 is 10.1 Å². The number of hydrogen-bond donors (Lipinski definition) is 1. The second-order valence-electron chi connectivity index (χ2n) is 4.83. The van der Waals surface area contributed by atoms with Gasteiger partial charge in [-0.1, -0.05) is 11.6 Å². The van der Waals surface area contributed by atoms with E-state index < -0.39 is 5.82 Å². The summed E-state index contributed by atoms with van der Waals surface area (Å²) < 4.78 is 24.2. The number of nitrogens with one attached hydrogen (secondary N) is 1. The number of methoxy groups -OCH3 is 1. The normalized spacial score (nSPS) is 10.6. The minimum absolute atomic E-state index is 0.205. The summed E-state index contributed by atoms with van der Waals surface area (Å²) in [4.78, 5) is 4.21. The molecule has 3 aromatic rings. The number of benzene rings is 2. The Morgan fingerprint density at radius 1 is 1.22 bits per heavy atom. The molecular weight excluding hydrogens is 319 g/mol. The van der Waals surface area contributed by atoms with Crippen LogP contribution in [0.2, 0.25) is 5.02 Å². The maximum Gasteiger partial charge on any atom is 0.214 e. The standard InChI is InChI=1S/C17H14ClFN2O2/c1-22-15-7-6-13(8-14(15)19)20-10-17-21-9-16(23-17)11-2-4-12(18)5-3-11/h2-9,20H,10H2,1H3. The largest absolute Gasteiger partial charge is 0.494 e. The van der Waals surface area contributed by atoms with Crippen LogP contribution in [-0.4, -0.2) is 12.1 Å². The second-order valence-corrected chi connectivity index (χ2v) is 5.26. The average molecular weight is 333 g/mol. The van der Waals surface area contributed by atoms with E-state index in [4.69, 9.17) is 20.8 Å². The average Bonchev–Trinajstić information content (AvgIpc) is 3.03. The number of anilines is 1. The van der Waals surface area contributed by atoms with Gasteiger partial charge in [-0.25, -0.2) is 9.37 Å². The summed E-state index contributed by atoms with van der Waals surface area (Å²) in [5, 5.41) is 3.72. The number of halogens is 2. The van der Waals surface area contributed by atoms with Gasteiger partial charge < -0.3 is 14.5 Å². The molecule has 0 aliphatic rings. The lowest BCUT2D eigenvalue weighted by Gasteiger charge is -2.06. The number of aromatic nitrogens is 1. The van der Waals surface area contributed by atoms with Gasteiger partial charge in [0.2, 0.25) is 5.89 Å². The van der Waals surface area contributed by atoms with Crippen molar-refractivity contribution in [3.05, 3.63) is 65.4 Å². The summed E-state index contributed by atoms with van der Waals surface area (Å²) in [5.74, 6) is 0.939. The van der Waals surface area contributed by atoms with Crippen LogP contribution in [0.15, 0.2) is 53.1 Å². The molecule has 0 fully saturated rings. The first-order chi connectivity index (χ1) is 11.2. The fourth-order valence-corrected chi connectivity index (χ4v) is 2.22. The molecule has 118 valence electrons. The first-order valence-electron chi connectivity index (χ1n) is 6.94. The van der Waals surface area contributed by atoms with Gasteiger partial charge in [-0.3, -0.25) is 0 Å². The van der Waals surface area contributed by atoms with Gasteiger partial charge in [0.15, 0.2) is 17.3 Å². The number of oxazole rings is 1. The van der Waals surface area contributed by atoms with Crippen molar-refractivity contribution >= 4 is 17.3 Å². The lowest BCUT2D eigenvalue weighted by molar-refractivity contribution is 0.386. The zero-order valence-corrected chi connectivity index (χ0v) is 13.1. The van der Waals surface area contributed by atoms with E-state index in [-0.39, 0.29) is 5.75 Å². The van der Waals surface area contributed by atoms with E-state index in [1.807, 2.05) is 12.1 Å². The van der Waals surface area contributed by atoms with Crippen LogP contribution in [0.5, 0.6) is 5.75 Å². The molecule has 1 aromatic heterocycles. The molecule has 3 rings (SSSR count). The highest BCUT2D eigenvalue weighted by molar-refractivity contribution is 6.30. The van der Waals surface area contributed by atoms with Gasteiger partial charge in [0.05, 0.1) is 19.9 Å². The minimum atomic E-state index is -0.424. The maximum absolute atomic E-state index is 13.6. The molecule has 6 heteroatoms. The van der Waals surface area contributed by atoms with Crippen LogP contribution in [0.1, 0.15) is 5.89 Å². The molecule has 0 radical (unpaired) electrons. The molecule has 0 amide bonds. The summed E-state index contributed by atoms with van der Waals surface area (Å²) >= 11 is 5.86. The second kappa shape index (κ2) is 6.71. The van der Waals surface area contributed by atoms with E-state index in [9.17, 15) is 4.39 Å². The number of ether oxygens (including phenoxy) is 1. The summed E-state index contributed by atoms with van der Waals surface area (Å²) in [6.07, 6.45) is 1.65.